The molecule has 0 nitrogen and oxygen atoms in total. The van der Waals surface area contributed by atoms with Crippen LogP contribution < -0.4 is 0 Å². The number of thioether (sulfide) groups is 1. The molecule has 11 heavy (non-hydrogen) atoms. The standard InChI is InChI=1S/C8H8BrFS/c1-11-8-3-6(5-9)2-7(10)4-8/h2-4H,5H2,1H3. The molecule has 0 bridgehead atoms. The first kappa shape index (κ1) is 9.07. The van der Waals surface area contributed by atoms with E-state index in [0.717, 1.165) is 10.5 Å². The maximum atomic E-state index is 12.8. The molecule has 0 saturated carbocycles. The van der Waals surface area contributed by atoms with Gasteiger partial charge < -0.3 is 0 Å². The molecule has 0 amide bonds. The van der Waals surface area contributed by atoms with E-state index in [9.17, 15) is 4.39 Å². The number of rotatable bonds is 2. The van der Waals surface area contributed by atoms with Crippen molar-refractivity contribution in [3.05, 3.63) is 29.6 Å². The molecule has 0 aliphatic rings. The Balaban J connectivity index is 3.02. The third kappa shape index (κ3) is 2.49. The minimum atomic E-state index is -0.161. The second-order valence-corrected chi connectivity index (χ2v) is 3.57. The highest BCUT2D eigenvalue weighted by atomic mass is 79.9. The summed E-state index contributed by atoms with van der Waals surface area (Å²) < 4.78 is 12.8. The van der Waals surface area contributed by atoms with Gasteiger partial charge in [0.25, 0.3) is 0 Å². The molecular weight excluding hydrogens is 227 g/mol. The summed E-state index contributed by atoms with van der Waals surface area (Å²) in [6.07, 6.45) is 1.94. The quantitative estimate of drug-likeness (QED) is 0.558. The van der Waals surface area contributed by atoms with E-state index in [0.29, 0.717) is 5.33 Å². The second-order valence-electron chi connectivity index (χ2n) is 2.13. The first-order valence-electron chi connectivity index (χ1n) is 3.15. The molecule has 0 spiro atoms. The van der Waals surface area contributed by atoms with E-state index in [2.05, 4.69) is 15.9 Å². The molecule has 0 aliphatic carbocycles. The molecule has 0 heterocycles. The average Bonchev–Trinajstić information content (AvgIpc) is 2.03. The van der Waals surface area contributed by atoms with E-state index in [1.54, 1.807) is 11.8 Å². The highest BCUT2D eigenvalue weighted by molar-refractivity contribution is 9.08. The molecule has 0 unspecified atom stereocenters. The van der Waals surface area contributed by atoms with Crippen molar-refractivity contribution in [3.8, 4) is 0 Å². The van der Waals surface area contributed by atoms with Crippen LogP contribution in [0.5, 0.6) is 0 Å². The third-order valence-electron chi connectivity index (χ3n) is 1.32. The molecule has 60 valence electrons. The molecule has 3 heteroatoms. The zero-order valence-corrected chi connectivity index (χ0v) is 8.51. The van der Waals surface area contributed by atoms with Gasteiger partial charge in [0.05, 0.1) is 0 Å². The number of halogens is 2. The molecule has 0 fully saturated rings. The molecule has 1 aromatic rings. The SMILES string of the molecule is CSc1cc(F)cc(CBr)c1. The van der Waals surface area contributed by atoms with Crippen molar-refractivity contribution in [3.63, 3.8) is 0 Å². The number of hydrogen-bond acceptors (Lipinski definition) is 1. The van der Waals surface area contributed by atoms with E-state index >= 15 is 0 Å². The second kappa shape index (κ2) is 4.12. The van der Waals surface area contributed by atoms with Crippen LogP contribution in [0.15, 0.2) is 23.1 Å². The average molecular weight is 235 g/mol. The van der Waals surface area contributed by atoms with E-state index < -0.39 is 0 Å². The molecule has 1 rings (SSSR count). The van der Waals surface area contributed by atoms with E-state index in [1.165, 1.54) is 12.1 Å². The van der Waals surface area contributed by atoms with E-state index in [4.69, 9.17) is 0 Å². The fourth-order valence-corrected chi connectivity index (χ4v) is 1.64. The van der Waals surface area contributed by atoms with E-state index in [-0.39, 0.29) is 5.82 Å². The lowest BCUT2D eigenvalue weighted by molar-refractivity contribution is 0.623. The minimum absolute atomic E-state index is 0.161. The summed E-state index contributed by atoms with van der Waals surface area (Å²) in [5, 5.41) is 0.707. The summed E-state index contributed by atoms with van der Waals surface area (Å²) in [5.41, 5.74) is 0.981. The number of alkyl halides is 1. The largest absolute Gasteiger partial charge is 0.207 e. The van der Waals surface area contributed by atoms with Gasteiger partial charge >= 0.3 is 0 Å². The molecule has 0 N–H and O–H groups in total. The fourth-order valence-electron chi connectivity index (χ4n) is 0.816. The van der Waals surface area contributed by atoms with Crippen LogP contribution in [0.2, 0.25) is 0 Å². The Morgan fingerprint density at radius 1 is 1.45 bits per heavy atom. The van der Waals surface area contributed by atoms with Gasteiger partial charge in [-0.25, -0.2) is 4.39 Å². The Morgan fingerprint density at radius 2 is 2.18 bits per heavy atom. The Kier molecular flexibility index (Phi) is 3.40. The lowest BCUT2D eigenvalue weighted by Gasteiger charge is -1.99. The summed E-state index contributed by atoms with van der Waals surface area (Å²) in [6, 6.07) is 5.05. The summed E-state index contributed by atoms with van der Waals surface area (Å²) in [4.78, 5) is 0.972. The Morgan fingerprint density at radius 3 is 2.73 bits per heavy atom. The van der Waals surface area contributed by atoms with Crippen LogP contribution in [0.1, 0.15) is 5.56 Å². The van der Waals surface area contributed by atoms with Crippen LogP contribution in [0.25, 0.3) is 0 Å². The Hall–Kier alpha value is -0.0200. The predicted molar refractivity (Wildman–Crippen MR) is 50.8 cm³/mol. The topological polar surface area (TPSA) is 0 Å². The first-order valence-corrected chi connectivity index (χ1v) is 5.50. The summed E-state index contributed by atoms with van der Waals surface area (Å²) in [7, 11) is 0. The third-order valence-corrected chi connectivity index (χ3v) is 2.68. The van der Waals surface area contributed by atoms with Crippen LogP contribution >= 0.6 is 27.7 Å². The molecule has 1 aromatic carbocycles. The van der Waals surface area contributed by atoms with Gasteiger partial charge in [-0.05, 0) is 30.0 Å². The van der Waals surface area contributed by atoms with Crippen molar-refractivity contribution in [1.82, 2.24) is 0 Å². The highest BCUT2D eigenvalue weighted by Gasteiger charge is 1.97. The van der Waals surface area contributed by atoms with Gasteiger partial charge in [-0.15, -0.1) is 11.8 Å². The lowest BCUT2D eigenvalue weighted by atomic mass is 10.2. The van der Waals surface area contributed by atoms with Crippen LogP contribution in [0, 0.1) is 5.82 Å². The van der Waals surface area contributed by atoms with Crippen molar-refractivity contribution < 1.29 is 4.39 Å². The van der Waals surface area contributed by atoms with Crippen LogP contribution in [0.3, 0.4) is 0 Å². The molecule has 0 radical (unpaired) electrons. The van der Waals surface area contributed by atoms with Crippen LogP contribution in [-0.4, -0.2) is 6.26 Å². The summed E-state index contributed by atoms with van der Waals surface area (Å²) >= 11 is 4.83. The summed E-state index contributed by atoms with van der Waals surface area (Å²) in [5.74, 6) is -0.161. The smallest absolute Gasteiger partial charge is 0.124 e. The van der Waals surface area contributed by atoms with Crippen LogP contribution in [-0.2, 0) is 5.33 Å². The number of benzene rings is 1. The normalized spacial score (nSPS) is 10.1. The maximum absolute atomic E-state index is 12.8. The molecule has 0 atom stereocenters. The Bertz CT molecular complexity index is 228. The predicted octanol–water partition coefficient (Wildman–Crippen LogP) is 3.44. The maximum Gasteiger partial charge on any atom is 0.124 e. The fraction of sp³-hybridized carbons (Fsp3) is 0.250. The van der Waals surface area contributed by atoms with E-state index in [1.807, 2.05) is 12.3 Å². The van der Waals surface area contributed by atoms with Gasteiger partial charge in [0, 0.05) is 10.2 Å². The van der Waals surface area contributed by atoms with Crippen molar-refractivity contribution in [2.24, 2.45) is 0 Å². The molecule has 0 saturated heterocycles. The lowest BCUT2D eigenvalue weighted by Crippen LogP contribution is -1.82. The Labute approximate surface area is 78.3 Å². The van der Waals surface area contributed by atoms with Crippen molar-refractivity contribution in [1.29, 1.82) is 0 Å². The zero-order chi connectivity index (χ0) is 8.27. The first-order chi connectivity index (χ1) is 5.26. The van der Waals surface area contributed by atoms with Gasteiger partial charge in [-0.3, -0.25) is 0 Å². The summed E-state index contributed by atoms with van der Waals surface area (Å²) in [6.45, 7) is 0. The van der Waals surface area contributed by atoms with Crippen molar-refractivity contribution >= 4 is 27.7 Å². The van der Waals surface area contributed by atoms with Gasteiger partial charge in [0.1, 0.15) is 5.82 Å². The van der Waals surface area contributed by atoms with Gasteiger partial charge in [0.2, 0.25) is 0 Å². The molecule has 0 aromatic heterocycles. The molecular formula is C8H8BrFS. The monoisotopic (exact) mass is 234 g/mol. The van der Waals surface area contributed by atoms with Crippen LogP contribution in [0.4, 0.5) is 4.39 Å². The highest BCUT2D eigenvalue weighted by Crippen LogP contribution is 2.19. The zero-order valence-electron chi connectivity index (χ0n) is 6.10. The molecule has 0 aliphatic heterocycles. The van der Waals surface area contributed by atoms with Crippen molar-refractivity contribution in [2.45, 2.75) is 10.2 Å². The van der Waals surface area contributed by atoms with Gasteiger partial charge in [-0.1, -0.05) is 15.9 Å². The van der Waals surface area contributed by atoms with Gasteiger partial charge in [0.15, 0.2) is 0 Å². The van der Waals surface area contributed by atoms with Crippen molar-refractivity contribution in [2.75, 3.05) is 6.26 Å². The minimum Gasteiger partial charge on any atom is -0.207 e. The number of hydrogen-bond donors (Lipinski definition) is 0. The van der Waals surface area contributed by atoms with Gasteiger partial charge in [-0.2, -0.15) is 0 Å².